The number of rotatable bonds is 7. The Bertz CT molecular complexity index is 1260. The molecule has 6 nitrogen and oxygen atoms in total. The van der Waals surface area contributed by atoms with Crippen molar-refractivity contribution in [2.24, 2.45) is 0 Å². The summed E-state index contributed by atoms with van der Waals surface area (Å²) < 4.78 is 19.3. The SMILES string of the molecule is Cc1ccc(NC(=O)CN2C(=O)S/C(=C/c3ccc(OCc4ccccc4F)cc3)C2=O)cc1. The number of anilines is 1. The predicted molar refractivity (Wildman–Crippen MR) is 130 cm³/mol. The maximum atomic E-state index is 13.7. The van der Waals surface area contributed by atoms with Gasteiger partial charge in [-0.2, -0.15) is 0 Å². The molecule has 0 saturated carbocycles. The summed E-state index contributed by atoms with van der Waals surface area (Å²) in [4.78, 5) is 38.5. The van der Waals surface area contributed by atoms with Gasteiger partial charge in [0.05, 0.1) is 4.91 Å². The molecule has 4 rings (SSSR count). The number of carbonyl (C=O) groups is 3. The van der Waals surface area contributed by atoms with Gasteiger partial charge in [0.15, 0.2) is 0 Å². The van der Waals surface area contributed by atoms with Crippen molar-refractivity contribution < 1.29 is 23.5 Å². The van der Waals surface area contributed by atoms with Gasteiger partial charge in [-0.05, 0) is 60.7 Å². The molecular formula is C26H21FN2O4S. The average molecular weight is 477 g/mol. The Morgan fingerprint density at radius 2 is 1.74 bits per heavy atom. The van der Waals surface area contributed by atoms with Gasteiger partial charge in [0.2, 0.25) is 5.91 Å². The van der Waals surface area contributed by atoms with Crippen LogP contribution in [0.3, 0.4) is 0 Å². The van der Waals surface area contributed by atoms with E-state index < -0.39 is 17.1 Å². The number of imide groups is 1. The van der Waals surface area contributed by atoms with E-state index in [0.717, 1.165) is 22.2 Å². The molecule has 172 valence electrons. The Kier molecular flexibility index (Phi) is 7.08. The van der Waals surface area contributed by atoms with Crippen molar-refractivity contribution >= 4 is 40.6 Å². The molecule has 0 atom stereocenters. The summed E-state index contributed by atoms with van der Waals surface area (Å²) in [5.41, 5.74) is 2.79. The molecule has 0 unspecified atom stereocenters. The number of nitrogens with zero attached hydrogens (tertiary/aromatic N) is 1. The van der Waals surface area contributed by atoms with Crippen LogP contribution in [-0.4, -0.2) is 28.5 Å². The third-order valence-corrected chi connectivity index (χ3v) is 5.95. The third-order valence-electron chi connectivity index (χ3n) is 5.04. The van der Waals surface area contributed by atoms with Gasteiger partial charge in [-0.15, -0.1) is 0 Å². The molecule has 0 radical (unpaired) electrons. The number of ether oxygens (including phenoxy) is 1. The molecule has 0 spiro atoms. The van der Waals surface area contributed by atoms with Crippen LogP contribution in [0.1, 0.15) is 16.7 Å². The van der Waals surface area contributed by atoms with Gasteiger partial charge in [-0.1, -0.05) is 48.0 Å². The Morgan fingerprint density at radius 1 is 1.03 bits per heavy atom. The summed E-state index contributed by atoms with van der Waals surface area (Å²) in [6.07, 6.45) is 1.59. The van der Waals surface area contributed by atoms with Crippen molar-refractivity contribution in [2.75, 3.05) is 11.9 Å². The van der Waals surface area contributed by atoms with Crippen molar-refractivity contribution in [1.29, 1.82) is 0 Å². The number of amides is 3. The molecule has 1 heterocycles. The molecule has 1 aliphatic heterocycles. The summed E-state index contributed by atoms with van der Waals surface area (Å²) in [6.45, 7) is 1.67. The molecule has 1 N–H and O–H groups in total. The van der Waals surface area contributed by atoms with Crippen molar-refractivity contribution in [3.05, 3.63) is 100 Å². The zero-order valence-corrected chi connectivity index (χ0v) is 19.1. The maximum Gasteiger partial charge on any atom is 0.294 e. The quantitative estimate of drug-likeness (QED) is 0.463. The highest BCUT2D eigenvalue weighted by molar-refractivity contribution is 8.18. The van der Waals surface area contributed by atoms with Crippen LogP contribution >= 0.6 is 11.8 Å². The molecule has 1 aliphatic rings. The smallest absolute Gasteiger partial charge is 0.294 e. The van der Waals surface area contributed by atoms with Crippen LogP contribution in [0.25, 0.3) is 6.08 Å². The van der Waals surface area contributed by atoms with Crippen LogP contribution in [0.4, 0.5) is 14.9 Å². The molecule has 3 aromatic carbocycles. The first-order valence-corrected chi connectivity index (χ1v) is 11.3. The number of nitrogens with one attached hydrogen (secondary N) is 1. The lowest BCUT2D eigenvalue weighted by Crippen LogP contribution is -2.36. The number of halogens is 1. The second-order valence-electron chi connectivity index (χ2n) is 7.63. The number of hydrogen-bond acceptors (Lipinski definition) is 5. The van der Waals surface area contributed by atoms with E-state index in [1.807, 2.05) is 19.1 Å². The van der Waals surface area contributed by atoms with Gasteiger partial charge in [0.25, 0.3) is 11.1 Å². The van der Waals surface area contributed by atoms with E-state index in [4.69, 9.17) is 4.74 Å². The molecular weight excluding hydrogens is 455 g/mol. The van der Waals surface area contributed by atoms with Crippen molar-refractivity contribution in [3.8, 4) is 5.75 Å². The first kappa shape index (κ1) is 23.3. The normalized spacial score (nSPS) is 14.5. The van der Waals surface area contributed by atoms with Crippen molar-refractivity contribution in [3.63, 3.8) is 0 Å². The summed E-state index contributed by atoms with van der Waals surface area (Å²) >= 11 is 0.786. The zero-order valence-electron chi connectivity index (χ0n) is 18.3. The molecule has 0 aliphatic carbocycles. The number of carbonyl (C=O) groups excluding carboxylic acids is 3. The van der Waals surface area contributed by atoms with Crippen LogP contribution in [0.5, 0.6) is 5.75 Å². The second kappa shape index (κ2) is 10.4. The summed E-state index contributed by atoms with van der Waals surface area (Å²) in [6, 6.07) is 20.5. The highest BCUT2D eigenvalue weighted by Crippen LogP contribution is 2.32. The molecule has 1 fully saturated rings. The fourth-order valence-electron chi connectivity index (χ4n) is 3.21. The van der Waals surface area contributed by atoms with E-state index in [1.165, 1.54) is 6.07 Å². The first-order valence-electron chi connectivity index (χ1n) is 10.5. The van der Waals surface area contributed by atoms with Crippen LogP contribution in [0.15, 0.2) is 77.7 Å². The minimum absolute atomic E-state index is 0.0928. The Morgan fingerprint density at radius 3 is 2.44 bits per heavy atom. The lowest BCUT2D eigenvalue weighted by atomic mass is 10.2. The summed E-state index contributed by atoms with van der Waals surface area (Å²) in [7, 11) is 0. The Balaban J connectivity index is 1.36. The first-order chi connectivity index (χ1) is 16.4. The van der Waals surface area contributed by atoms with Gasteiger partial charge < -0.3 is 10.1 Å². The summed E-state index contributed by atoms with van der Waals surface area (Å²) in [5.74, 6) is -0.763. The lowest BCUT2D eigenvalue weighted by Gasteiger charge is -2.12. The number of benzene rings is 3. The van der Waals surface area contributed by atoms with E-state index in [2.05, 4.69) is 5.32 Å². The molecule has 8 heteroatoms. The molecule has 3 aromatic rings. The third kappa shape index (κ3) is 5.71. The molecule has 0 aromatic heterocycles. The van der Waals surface area contributed by atoms with Crippen LogP contribution in [0.2, 0.25) is 0 Å². The van der Waals surface area contributed by atoms with Crippen molar-refractivity contribution in [2.45, 2.75) is 13.5 Å². The monoisotopic (exact) mass is 476 g/mol. The van der Waals surface area contributed by atoms with Crippen molar-refractivity contribution in [1.82, 2.24) is 4.90 Å². The van der Waals surface area contributed by atoms with Crippen LogP contribution in [0, 0.1) is 12.7 Å². The zero-order chi connectivity index (χ0) is 24.1. The van der Waals surface area contributed by atoms with Gasteiger partial charge in [0, 0.05) is 11.3 Å². The molecule has 3 amide bonds. The highest BCUT2D eigenvalue weighted by Gasteiger charge is 2.36. The standard InChI is InChI=1S/C26H21FN2O4S/c1-17-6-10-20(11-7-17)28-24(30)15-29-25(31)23(34-26(29)32)14-18-8-12-21(13-9-18)33-16-19-4-2-3-5-22(19)27/h2-14H,15-16H2,1H3,(H,28,30)/b23-14+. The van der Waals surface area contributed by atoms with Gasteiger partial charge in [-0.3, -0.25) is 19.3 Å². The Hall–Kier alpha value is -3.91. The Labute approximate surface area is 200 Å². The minimum Gasteiger partial charge on any atom is -0.489 e. The van der Waals surface area contributed by atoms with E-state index >= 15 is 0 Å². The number of thioether (sulfide) groups is 1. The van der Waals surface area contributed by atoms with Crippen LogP contribution < -0.4 is 10.1 Å². The predicted octanol–water partition coefficient (Wildman–Crippen LogP) is 5.39. The van der Waals surface area contributed by atoms with E-state index in [-0.39, 0.29) is 23.9 Å². The molecule has 1 saturated heterocycles. The number of aryl methyl sites for hydroxylation is 1. The summed E-state index contributed by atoms with van der Waals surface area (Å²) in [5, 5.41) is 2.18. The maximum absolute atomic E-state index is 13.7. The van der Waals surface area contributed by atoms with Crippen LogP contribution in [-0.2, 0) is 16.2 Å². The van der Waals surface area contributed by atoms with Gasteiger partial charge >= 0.3 is 0 Å². The largest absolute Gasteiger partial charge is 0.489 e. The second-order valence-corrected chi connectivity index (χ2v) is 8.62. The topological polar surface area (TPSA) is 75.7 Å². The minimum atomic E-state index is -0.520. The fourth-order valence-corrected chi connectivity index (χ4v) is 4.04. The molecule has 0 bridgehead atoms. The number of hydrogen-bond donors (Lipinski definition) is 1. The van der Waals surface area contributed by atoms with Gasteiger partial charge in [0.1, 0.15) is 24.7 Å². The van der Waals surface area contributed by atoms with E-state index in [9.17, 15) is 18.8 Å². The van der Waals surface area contributed by atoms with Gasteiger partial charge in [-0.25, -0.2) is 4.39 Å². The fraction of sp³-hybridized carbons (Fsp3) is 0.115. The lowest BCUT2D eigenvalue weighted by molar-refractivity contribution is -0.127. The van der Waals surface area contributed by atoms with E-state index in [1.54, 1.807) is 60.7 Å². The average Bonchev–Trinajstić information content (AvgIpc) is 3.08. The highest BCUT2D eigenvalue weighted by atomic mass is 32.2. The molecule has 34 heavy (non-hydrogen) atoms. The van der Waals surface area contributed by atoms with E-state index in [0.29, 0.717) is 22.6 Å².